The molecule has 0 N–H and O–H groups in total. The van der Waals surface area contributed by atoms with Crippen LogP contribution in [0.25, 0.3) is 0 Å². The van der Waals surface area contributed by atoms with Gasteiger partial charge in [-0.25, -0.2) is 4.57 Å². The maximum absolute atomic E-state index is 12.7. The fraction of sp³-hybridized carbons (Fsp3) is 0.636. The first-order valence-electron chi connectivity index (χ1n) is 15.2. The molecule has 2 aromatic rings. The largest absolute Gasteiger partial charge is 0.497 e. The van der Waals surface area contributed by atoms with Crippen LogP contribution in [-0.4, -0.2) is 46.1 Å². The van der Waals surface area contributed by atoms with Crippen LogP contribution in [0.4, 0.5) is 5.69 Å². The zero-order valence-corrected chi connectivity index (χ0v) is 27.2. The van der Waals surface area contributed by atoms with Crippen molar-refractivity contribution in [2.45, 2.75) is 86.2 Å². The van der Waals surface area contributed by atoms with Gasteiger partial charge in [0.05, 0.1) is 33.0 Å². The molecule has 230 valence electrons. The fourth-order valence-electron chi connectivity index (χ4n) is 5.31. The van der Waals surface area contributed by atoms with Crippen molar-refractivity contribution in [1.82, 2.24) is 0 Å². The molecule has 1 aliphatic rings. The topological polar surface area (TPSA) is 66.5 Å². The zero-order valence-electron chi connectivity index (χ0n) is 26.3. The van der Waals surface area contributed by atoms with E-state index in [0.29, 0.717) is 24.4 Å². The van der Waals surface area contributed by atoms with E-state index in [1.54, 1.807) is 21.0 Å². The number of phosphoric acid groups is 1. The maximum atomic E-state index is 12.7. The minimum absolute atomic E-state index is 0.268. The Balaban J connectivity index is 1.52. The summed E-state index contributed by atoms with van der Waals surface area (Å²) in [6.07, 6.45) is 5.93. The lowest BCUT2D eigenvalue weighted by Crippen LogP contribution is -2.36. The molecule has 2 aromatic carbocycles. The third-order valence-corrected chi connectivity index (χ3v) is 9.18. The molecule has 1 unspecified atom stereocenters. The molecule has 1 atom stereocenters. The highest BCUT2D eigenvalue weighted by Crippen LogP contribution is 2.50. The Morgan fingerprint density at radius 3 is 2.34 bits per heavy atom. The number of hydrogen-bond donors (Lipinski definition) is 0. The normalized spacial score (nSPS) is 15.6. The molecular weight excluding hydrogens is 537 g/mol. The number of aryl methyl sites for hydroxylation is 1. The van der Waals surface area contributed by atoms with Gasteiger partial charge in [-0.05, 0) is 100.0 Å². The number of methoxy groups -OCH3 is 1. The summed E-state index contributed by atoms with van der Waals surface area (Å²) >= 11 is 0. The van der Waals surface area contributed by atoms with Crippen LogP contribution in [0, 0.1) is 11.3 Å². The van der Waals surface area contributed by atoms with Crippen molar-refractivity contribution in [3.05, 3.63) is 53.6 Å². The standard InChI is InChI=1S/C33H52NO6P/c1-8-38-41(35,39-9-2)40-26(3)22-28-12-10-14-31(23-28)37-25-27-17-20-34(21-18-27)32-24-30(36-7)16-15-29(32)13-11-19-33(4,5)6/h10,12,14-16,23-24,26-27H,8-9,11,13,17-22,25H2,1-7H3. The third kappa shape index (κ3) is 11.3. The van der Waals surface area contributed by atoms with Crippen LogP contribution in [0.5, 0.6) is 11.5 Å². The van der Waals surface area contributed by atoms with Crippen LogP contribution < -0.4 is 14.4 Å². The van der Waals surface area contributed by atoms with Gasteiger partial charge in [0.15, 0.2) is 0 Å². The molecule has 1 saturated heterocycles. The van der Waals surface area contributed by atoms with Gasteiger partial charge in [0.25, 0.3) is 0 Å². The van der Waals surface area contributed by atoms with Crippen molar-refractivity contribution in [3.8, 4) is 11.5 Å². The molecule has 8 heteroatoms. The van der Waals surface area contributed by atoms with Gasteiger partial charge in [-0.2, -0.15) is 0 Å². The first kappa shape index (κ1) is 33.5. The predicted molar refractivity (Wildman–Crippen MR) is 167 cm³/mol. The number of hydrogen-bond acceptors (Lipinski definition) is 7. The highest BCUT2D eigenvalue weighted by atomic mass is 31.2. The van der Waals surface area contributed by atoms with Gasteiger partial charge in [-0.3, -0.25) is 13.6 Å². The third-order valence-electron chi connectivity index (χ3n) is 7.41. The van der Waals surface area contributed by atoms with Crippen LogP contribution in [0.2, 0.25) is 0 Å². The van der Waals surface area contributed by atoms with Gasteiger partial charge >= 0.3 is 7.82 Å². The molecular formula is C33H52NO6P. The van der Waals surface area contributed by atoms with Crippen molar-refractivity contribution in [1.29, 1.82) is 0 Å². The molecule has 0 bridgehead atoms. The Morgan fingerprint density at radius 1 is 1.00 bits per heavy atom. The maximum Gasteiger partial charge on any atom is 0.475 e. The second-order valence-corrected chi connectivity index (χ2v) is 13.8. The number of piperidine rings is 1. The Bertz CT molecular complexity index is 1100. The molecule has 41 heavy (non-hydrogen) atoms. The van der Waals surface area contributed by atoms with E-state index in [9.17, 15) is 4.57 Å². The summed E-state index contributed by atoms with van der Waals surface area (Å²) in [5, 5.41) is 0. The fourth-order valence-corrected chi connectivity index (χ4v) is 6.65. The van der Waals surface area contributed by atoms with Crippen molar-refractivity contribution in [2.75, 3.05) is 44.9 Å². The van der Waals surface area contributed by atoms with Gasteiger partial charge in [0.2, 0.25) is 0 Å². The molecule has 7 nitrogen and oxygen atoms in total. The predicted octanol–water partition coefficient (Wildman–Crippen LogP) is 8.49. The van der Waals surface area contributed by atoms with E-state index >= 15 is 0 Å². The van der Waals surface area contributed by atoms with Crippen molar-refractivity contribution < 1.29 is 27.6 Å². The highest BCUT2D eigenvalue weighted by Gasteiger charge is 2.28. The molecule has 0 amide bonds. The summed E-state index contributed by atoms with van der Waals surface area (Å²) in [5.74, 6) is 2.28. The molecule has 0 saturated carbocycles. The lowest BCUT2D eigenvalue weighted by Gasteiger charge is -2.35. The quantitative estimate of drug-likeness (QED) is 0.182. The molecule has 0 spiro atoms. The van der Waals surface area contributed by atoms with Gasteiger partial charge in [0, 0.05) is 24.8 Å². The van der Waals surface area contributed by atoms with E-state index in [1.807, 2.05) is 31.2 Å². The zero-order chi connectivity index (χ0) is 29.9. The summed E-state index contributed by atoms with van der Waals surface area (Å²) in [6.45, 7) is 15.6. The highest BCUT2D eigenvalue weighted by molar-refractivity contribution is 7.48. The lowest BCUT2D eigenvalue weighted by molar-refractivity contribution is 0.0909. The number of anilines is 1. The summed E-state index contributed by atoms with van der Waals surface area (Å²) in [6, 6.07) is 14.6. The summed E-state index contributed by atoms with van der Waals surface area (Å²) in [7, 11) is -1.81. The summed E-state index contributed by atoms with van der Waals surface area (Å²) < 4.78 is 40.7. The van der Waals surface area contributed by atoms with Gasteiger partial charge in [-0.15, -0.1) is 0 Å². The van der Waals surface area contributed by atoms with Crippen LogP contribution in [0.3, 0.4) is 0 Å². The first-order chi connectivity index (χ1) is 19.5. The number of benzene rings is 2. The van der Waals surface area contributed by atoms with Crippen LogP contribution in [0.15, 0.2) is 42.5 Å². The number of phosphoric ester groups is 1. The molecule has 1 heterocycles. The van der Waals surface area contributed by atoms with Gasteiger partial charge < -0.3 is 14.4 Å². The lowest BCUT2D eigenvalue weighted by atomic mass is 9.88. The monoisotopic (exact) mass is 589 g/mol. The van der Waals surface area contributed by atoms with Crippen LogP contribution >= 0.6 is 7.82 Å². The number of nitrogens with zero attached hydrogens (tertiary/aromatic N) is 1. The molecule has 1 fully saturated rings. The Labute approximate surface area is 248 Å². The Hall–Kier alpha value is -2.05. The minimum atomic E-state index is -3.55. The van der Waals surface area contributed by atoms with E-state index in [4.69, 9.17) is 23.0 Å². The summed E-state index contributed by atoms with van der Waals surface area (Å²) in [5.41, 5.74) is 4.15. The SMILES string of the molecule is CCOP(=O)(OCC)OC(C)Cc1cccc(OCC2CCN(c3cc(OC)ccc3CCCC(C)(C)C)CC2)c1. The van der Waals surface area contributed by atoms with Crippen molar-refractivity contribution in [3.63, 3.8) is 0 Å². The van der Waals surface area contributed by atoms with Gasteiger partial charge in [0.1, 0.15) is 11.5 Å². The van der Waals surface area contributed by atoms with E-state index in [0.717, 1.165) is 49.4 Å². The van der Waals surface area contributed by atoms with Gasteiger partial charge in [-0.1, -0.05) is 39.0 Å². The molecule has 3 rings (SSSR count). The van der Waals surface area contributed by atoms with E-state index in [2.05, 4.69) is 43.9 Å². The van der Waals surface area contributed by atoms with Crippen LogP contribution in [-0.2, 0) is 31.0 Å². The number of ether oxygens (including phenoxy) is 2. The smallest absolute Gasteiger partial charge is 0.475 e. The summed E-state index contributed by atoms with van der Waals surface area (Å²) in [4.78, 5) is 2.52. The minimum Gasteiger partial charge on any atom is -0.497 e. The second kappa shape index (κ2) is 16.0. The van der Waals surface area contributed by atoms with Crippen molar-refractivity contribution in [2.24, 2.45) is 11.3 Å². The van der Waals surface area contributed by atoms with E-state index in [-0.39, 0.29) is 19.3 Å². The molecule has 0 radical (unpaired) electrons. The Morgan fingerprint density at radius 2 is 1.71 bits per heavy atom. The van der Waals surface area contributed by atoms with E-state index < -0.39 is 7.82 Å². The van der Waals surface area contributed by atoms with Crippen LogP contribution in [0.1, 0.15) is 78.4 Å². The molecule has 1 aliphatic heterocycles. The average Bonchev–Trinajstić information content (AvgIpc) is 2.92. The molecule has 0 aliphatic carbocycles. The average molecular weight is 590 g/mol. The first-order valence-corrected chi connectivity index (χ1v) is 16.7. The number of rotatable bonds is 16. The van der Waals surface area contributed by atoms with E-state index in [1.165, 1.54) is 24.1 Å². The Kier molecular flexibility index (Phi) is 13.0. The molecule has 0 aromatic heterocycles. The van der Waals surface area contributed by atoms with Crippen molar-refractivity contribution >= 4 is 13.5 Å². The second-order valence-electron chi connectivity index (χ2n) is 12.2.